The lowest BCUT2D eigenvalue weighted by Crippen LogP contribution is -2.32. The van der Waals surface area contributed by atoms with Gasteiger partial charge in [-0.25, -0.2) is 0 Å². The largest absolute Gasteiger partial charge is 0.343 e. The molecule has 33 heavy (non-hydrogen) atoms. The molecule has 0 saturated carbocycles. The third kappa shape index (κ3) is 5.67. The SMILES string of the molecule is CCCCc1ccc(C(NC(=O)Cn2c(-c3cccc(C)c3)n[nH]c2=S)c2cccs2)cc1. The summed E-state index contributed by atoms with van der Waals surface area (Å²) >= 11 is 7.06. The Balaban J connectivity index is 1.56. The number of benzene rings is 2. The molecule has 0 bridgehead atoms. The summed E-state index contributed by atoms with van der Waals surface area (Å²) in [6.45, 7) is 4.32. The summed E-state index contributed by atoms with van der Waals surface area (Å²) in [6, 6.07) is 20.5. The van der Waals surface area contributed by atoms with Crippen molar-refractivity contribution in [3.63, 3.8) is 0 Å². The minimum Gasteiger partial charge on any atom is -0.343 e. The van der Waals surface area contributed by atoms with Crippen LogP contribution in [0, 0.1) is 11.7 Å². The molecule has 4 rings (SSSR count). The summed E-state index contributed by atoms with van der Waals surface area (Å²) in [4.78, 5) is 14.3. The molecular formula is C26H28N4OS2. The van der Waals surface area contributed by atoms with E-state index < -0.39 is 0 Å². The van der Waals surface area contributed by atoms with Crippen molar-refractivity contribution in [3.05, 3.63) is 92.4 Å². The normalized spacial score (nSPS) is 11.9. The number of hydrogen-bond acceptors (Lipinski definition) is 4. The number of amides is 1. The summed E-state index contributed by atoms with van der Waals surface area (Å²) < 4.78 is 2.17. The number of carbonyl (C=O) groups is 1. The Morgan fingerprint density at radius 2 is 2.00 bits per heavy atom. The van der Waals surface area contributed by atoms with E-state index in [4.69, 9.17) is 12.2 Å². The van der Waals surface area contributed by atoms with Crippen LogP contribution in [0.5, 0.6) is 0 Å². The average molecular weight is 477 g/mol. The maximum atomic E-state index is 13.2. The Hall–Kier alpha value is -3.03. The van der Waals surface area contributed by atoms with Crippen molar-refractivity contribution < 1.29 is 4.79 Å². The van der Waals surface area contributed by atoms with E-state index in [0.29, 0.717) is 10.6 Å². The van der Waals surface area contributed by atoms with E-state index in [1.807, 2.05) is 42.6 Å². The quantitative estimate of drug-likeness (QED) is 0.282. The highest BCUT2D eigenvalue weighted by molar-refractivity contribution is 7.71. The van der Waals surface area contributed by atoms with Gasteiger partial charge in [0.15, 0.2) is 10.6 Å². The molecule has 5 nitrogen and oxygen atoms in total. The van der Waals surface area contributed by atoms with E-state index in [1.165, 1.54) is 18.4 Å². The van der Waals surface area contributed by atoms with Crippen molar-refractivity contribution in [3.8, 4) is 11.4 Å². The average Bonchev–Trinajstić information content (AvgIpc) is 3.47. The molecule has 0 radical (unpaired) electrons. The van der Waals surface area contributed by atoms with E-state index in [9.17, 15) is 4.79 Å². The Morgan fingerprint density at radius 3 is 2.70 bits per heavy atom. The van der Waals surface area contributed by atoms with Gasteiger partial charge in [-0.15, -0.1) is 11.3 Å². The first-order chi connectivity index (χ1) is 16.0. The molecule has 2 N–H and O–H groups in total. The molecule has 4 aromatic rings. The number of thiophene rings is 1. The number of H-pyrrole nitrogens is 1. The zero-order valence-electron chi connectivity index (χ0n) is 18.9. The number of rotatable bonds is 9. The summed E-state index contributed by atoms with van der Waals surface area (Å²) in [5, 5.41) is 12.5. The molecule has 170 valence electrons. The van der Waals surface area contributed by atoms with Crippen molar-refractivity contribution in [1.82, 2.24) is 20.1 Å². The highest BCUT2D eigenvalue weighted by Gasteiger charge is 2.20. The van der Waals surface area contributed by atoms with Crippen molar-refractivity contribution in [2.45, 2.75) is 45.7 Å². The van der Waals surface area contributed by atoms with Crippen molar-refractivity contribution in [2.24, 2.45) is 0 Å². The second-order valence-electron chi connectivity index (χ2n) is 8.17. The summed E-state index contributed by atoms with van der Waals surface area (Å²) in [5.74, 6) is 0.543. The summed E-state index contributed by atoms with van der Waals surface area (Å²) in [6.07, 6.45) is 3.43. The second kappa shape index (κ2) is 10.7. The molecule has 0 saturated heterocycles. The molecule has 2 aromatic carbocycles. The zero-order valence-corrected chi connectivity index (χ0v) is 20.5. The van der Waals surface area contributed by atoms with Crippen LogP contribution in [0.15, 0.2) is 66.0 Å². The Bertz CT molecular complexity index is 1260. The number of nitrogens with one attached hydrogen (secondary N) is 2. The van der Waals surface area contributed by atoms with Gasteiger partial charge in [-0.05, 0) is 60.6 Å². The van der Waals surface area contributed by atoms with Crippen LogP contribution in [0.2, 0.25) is 0 Å². The molecule has 1 atom stereocenters. The van der Waals surface area contributed by atoms with Gasteiger partial charge < -0.3 is 5.32 Å². The number of aromatic amines is 1. The van der Waals surface area contributed by atoms with Gasteiger partial charge in [0.05, 0.1) is 6.04 Å². The van der Waals surface area contributed by atoms with Crippen molar-refractivity contribution >= 4 is 29.5 Å². The van der Waals surface area contributed by atoms with Gasteiger partial charge in [0.2, 0.25) is 5.91 Å². The number of aromatic nitrogens is 3. The number of unbranched alkanes of at least 4 members (excludes halogenated alkanes) is 1. The third-order valence-electron chi connectivity index (χ3n) is 5.60. The lowest BCUT2D eigenvalue weighted by molar-refractivity contribution is -0.122. The maximum absolute atomic E-state index is 13.2. The Kier molecular flexibility index (Phi) is 7.52. The smallest absolute Gasteiger partial charge is 0.240 e. The topological polar surface area (TPSA) is 62.7 Å². The predicted molar refractivity (Wildman–Crippen MR) is 137 cm³/mol. The van der Waals surface area contributed by atoms with E-state index in [1.54, 1.807) is 15.9 Å². The van der Waals surface area contributed by atoms with Gasteiger partial charge in [0, 0.05) is 10.4 Å². The van der Waals surface area contributed by atoms with E-state index >= 15 is 0 Å². The molecule has 0 aliphatic heterocycles. The maximum Gasteiger partial charge on any atom is 0.240 e. The molecular weight excluding hydrogens is 448 g/mol. The minimum atomic E-state index is -0.207. The number of hydrogen-bond donors (Lipinski definition) is 2. The molecule has 1 amide bonds. The first-order valence-electron chi connectivity index (χ1n) is 11.2. The van der Waals surface area contributed by atoms with Crippen LogP contribution >= 0.6 is 23.6 Å². The Morgan fingerprint density at radius 1 is 1.18 bits per heavy atom. The first kappa shape index (κ1) is 23.1. The minimum absolute atomic E-state index is 0.0923. The van der Waals surface area contributed by atoms with Crippen LogP contribution < -0.4 is 5.32 Å². The fraction of sp³-hybridized carbons (Fsp3) is 0.269. The highest BCUT2D eigenvalue weighted by Crippen LogP contribution is 2.27. The van der Waals surface area contributed by atoms with E-state index in [0.717, 1.165) is 28.0 Å². The summed E-state index contributed by atoms with van der Waals surface area (Å²) in [5.41, 5.74) is 4.44. The number of nitrogens with zero attached hydrogens (tertiary/aromatic N) is 2. The lowest BCUT2D eigenvalue weighted by atomic mass is 10.0. The van der Waals surface area contributed by atoms with Gasteiger partial charge in [-0.2, -0.15) is 5.10 Å². The Labute approximate surface area is 203 Å². The number of carbonyl (C=O) groups excluding carboxylic acids is 1. The van der Waals surface area contributed by atoms with E-state index in [-0.39, 0.29) is 18.5 Å². The van der Waals surface area contributed by atoms with E-state index in [2.05, 4.69) is 52.8 Å². The van der Waals surface area contributed by atoms with Crippen LogP contribution in [0.4, 0.5) is 0 Å². The van der Waals surface area contributed by atoms with Gasteiger partial charge in [0.1, 0.15) is 6.54 Å². The van der Waals surface area contributed by atoms with Gasteiger partial charge >= 0.3 is 0 Å². The first-order valence-corrected chi connectivity index (χ1v) is 12.5. The molecule has 0 aliphatic carbocycles. The van der Waals surface area contributed by atoms with Crippen LogP contribution in [-0.2, 0) is 17.8 Å². The molecule has 1 unspecified atom stereocenters. The van der Waals surface area contributed by atoms with Crippen LogP contribution in [0.3, 0.4) is 0 Å². The summed E-state index contributed by atoms with van der Waals surface area (Å²) in [7, 11) is 0. The molecule has 0 fully saturated rings. The van der Waals surface area contributed by atoms with Crippen molar-refractivity contribution in [1.29, 1.82) is 0 Å². The predicted octanol–water partition coefficient (Wildman–Crippen LogP) is 6.23. The molecule has 0 spiro atoms. The zero-order chi connectivity index (χ0) is 23.2. The van der Waals surface area contributed by atoms with Gasteiger partial charge in [-0.1, -0.05) is 67.4 Å². The highest BCUT2D eigenvalue weighted by atomic mass is 32.1. The third-order valence-corrected chi connectivity index (χ3v) is 6.85. The van der Waals surface area contributed by atoms with Crippen LogP contribution in [-0.4, -0.2) is 20.7 Å². The van der Waals surface area contributed by atoms with Crippen LogP contribution in [0.1, 0.15) is 47.4 Å². The molecule has 7 heteroatoms. The lowest BCUT2D eigenvalue weighted by Gasteiger charge is -2.19. The molecule has 2 aromatic heterocycles. The second-order valence-corrected chi connectivity index (χ2v) is 9.54. The van der Waals surface area contributed by atoms with Gasteiger partial charge in [-0.3, -0.25) is 14.5 Å². The van der Waals surface area contributed by atoms with Crippen molar-refractivity contribution in [2.75, 3.05) is 0 Å². The molecule has 2 heterocycles. The fourth-order valence-corrected chi connectivity index (χ4v) is 4.85. The van der Waals surface area contributed by atoms with Crippen LogP contribution in [0.25, 0.3) is 11.4 Å². The monoisotopic (exact) mass is 476 g/mol. The van der Waals surface area contributed by atoms with Gasteiger partial charge in [0.25, 0.3) is 0 Å². The number of aryl methyl sites for hydroxylation is 2. The fourth-order valence-electron chi connectivity index (χ4n) is 3.85. The molecule has 0 aliphatic rings. The standard InChI is InChI=1S/C26H28N4OS2/c1-3-4-8-19-11-13-20(14-12-19)24(22-10-6-15-33-22)27-23(31)17-30-25(28-29-26(30)32)21-9-5-7-18(2)16-21/h5-7,9-16,24H,3-4,8,17H2,1-2H3,(H,27,31)(H,29,32).